The van der Waals surface area contributed by atoms with E-state index >= 15 is 0 Å². The molecule has 0 bridgehead atoms. The molecular weight excluding hydrogens is 532 g/mol. The van der Waals surface area contributed by atoms with Gasteiger partial charge in [0.05, 0.1) is 11.2 Å². The molecule has 0 amide bonds. The fraction of sp³-hybridized carbons (Fsp3) is 0. The third kappa shape index (κ3) is 4.73. The Morgan fingerprint density at radius 3 is 1.57 bits per heavy atom. The van der Waals surface area contributed by atoms with E-state index in [9.17, 15) is 0 Å². The lowest BCUT2D eigenvalue weighted by Crippen LogP contribution is -1.89. The Hall–Kier alpha value is -5.86. The molecule has 2 nitrogen and oxygen atoms in total. The van der Waals surface area contributed by atoms with Crippen LogP contribution in [0.5, 0.6) is 0 Å². The van der Waals surface area contributed by atoms with E-state index in [1.807, 2.05) is 36.7 Å². The van der Waals surface area contributed by atoms with E-state index in [2.05, 4.69) is 143 Å². The lowest BCUT2D eigenvalue weighted by atomic mass is 9.89. The Bertz CT molecular complexity index is 2270. The van der Waals surface area contributed by atoms with Gasteiger partial charge in [0.25, 0.3) is 0 Å². The van der Waals surface area contributed by atoms with Crippen molar-refractivity contribution in [3.05, 3.63) is 170 Å². The highest BCUT2D eigenvalue weighted by atomic mass is 14.7. The number of hydrogen-bond donors (Lipinski definition) is 0. The summed E-state index contributed by atoms with van der Waals surface area (Å²) in [7, 11) is 0. The Balaban J connectivity index is 1.18. The van der Waals surface area contributed by atoms with Crippen molar-refractivity contribution in [2.45, 2.75) is 0 Å². The van der Waals surface area contributed by atoms with Crippen LogP contribution in [0.1, 0.15) is 0 Å². The molecule has 2 heterocycles. The van der Waals surface area contributed by atoms with Crippen LogP contribution in [0.3, 0.4) is 0 Å². The second-order valence-electron chi connectivity index (χ2n) is 11.0. The molecule has 0 aliphatic rings. The Labute approximate surface area is 257 Å². The maximum atomic E-state index is 4.66. The fourth-order valence-electron chi connectivity index (χ4n) is 6.22. The minimum atomic E-state index is 0.982. The minimum Gasteiger partial charge on any atom is -0.256 e. The molecule has 2 aromatic heterocycles. The second-order valence-corrected chi connectivity index (χ2v) is 11.0. The van der Waals surface area contributed by atoms with E-state index < -0.39 is 0 Å². The zero-order chi connectivity index (χ0) is 29.3. The van der Waals surface area contributed by atoms with E-state index in [-0.39, 0.29) is 0 Å². The Kier molecular flexibility index (Phi) is 6.51. The van der Waals surface area contributed by atoms with Crippen molar-refractivity contribution in [3.8, 4) is 55.8 Å². The van der Waals surface area contributed by atoms with Crippen LogP contribution in [0.15, 0.2) is 170 Å². The van der Waals surface area contributed by atoms with E-state index in [1.165, 1.54) is 55.3 Å². The normalized spacial score (nSPS) is 11.2. The molecule has 8 aromatic rings. The van der Waals surface area contributed by atoms with Crippen LogP contribution in [-0.4, -0.2) is 9.97 Å². The van der Waals surface area contributed by atoms with Crippen LogP contribution in [0, 0.1) is 0 Å². The molecule has 0 N–H and O–H groups in total. The average molecular weight is 561 g/mol. The van der Waals surface area contributed by atoms with Crippen molar-refractivity contribution < 1.29 is 0 Å². The van der Waals surface area contributed by atoms with E-state index in [4.69, 9.17) is 0 Å². The zero-order valence-electron chi connectivity index (χ0n) is 24.1. The van der Waals surface area contributed by atoms with Gasteiger partial charge < -0.3 is 0 Å². The summed E-state index contributed by atoms with van der Waals surface area (Å²) in [6.07, 6.45) is 3.70. The highest BCUT2D eigenvalue weighted by Crippen LogP contribution is 2.38. The Morgan fingerprint density at radius 1 is 0.318 bits per heavy atom. The lowest BCUT2D eigenvalue weighted by molar-refractivity contribution is 1.33. The van der Waals surface area contributed by atoms with Crippen molar-refractivity contribution in [3.63, 3.8) is 0 Å². The van der Waals surface area contributed by atoms with Crippen molar-refractivity contribution >= 4 is 21.7 Å². The first-order chi connectivity index (χ1) is 21.8. The van der Waals surface area contributed by atoms with Crippen LogP contribution in [0.4, 0.5) is 0 Å². The van der Waals surface area contributed by atoms with Gasteiger partial charge in [-0.3, -0.25) is 9.97 Å². The van der Waals surface area contributed by atoms with E-state index in [0.717, 1.165) is 22.2 Å². The van der Waals surface area contributed by atoms with Crippen molar-refractivity contribution in [2.75, 3.05) is 0 Å². The third-order valence-corrected chi connectivity index (χ3v) is 8.39. The summed E-state index contributed by atoms with van der Waals surface area (Å²) >= 11 is 0. The first-order valence-electron chi connectivity index (χ1n) is 14.9. The molecule has 0 aliphatic carbocycles. The maximum absolute atomic E-state index is 4.66. The van der Waals surface area contributed by atoms with Crippen LogP contribution >= 0.6 is 0 Å². The van der Waals surface area contributed by atoms with Crippen molar-refractivity contribution in [1.82, 2.24) is 9.97 Å². The zero-order valence-corrected chi connectivity index (χ0v) is 24.1. The first-order valence-corrected chi connectivity index (χ1v) is 14.9. The highest BCUT2D eigenvalue weighted by Gasteiger charge is 2.12. The number of rotatable bonds is 5. The second kappa shape index (κ2) is 11.1. The summed E-state index contributed by atoms with van der Waals surface area (Å²) in [5, 5.41) is 3.53. The predicted octanol–water partition coefficient (Wildman–Crippen LogP) is 11.1. The van der Waals surface area contributed by atoms with Gasteiger partial charge in [0.1, 0.15) is 0 Å². The van der Waals surface area contributed by atoms with Gasteiger partial charge >= 0.3 is 0 Å². The summed E-state index contributed by atoms with van der Waals surface area (Å²) in [6.45, 7) is 0. The lowest BCUT2D eigenvalue weighted by Gasteiger charge is -2.15. The summed E-state index contributed by atoms with van der Waals surface area (Å²) in [6, 6.07) is 56.2. The van der Waals surface area contributed by atoms with E-state index in [1.54, 1.807) is 0 Å². The smallest absolute Gasteiger partial charge is 0.0780 e. The number of nitrogens with zero attached hydrogens (tertiary/aromatic N) is 2. The van der Waals surface area contributed by atoms with Crippen LogP contribution in [-0.2, 0) is 0 Å². The summed E-state index contributed by atoms with van der Waals surface area (Å²) < 4.78 is 0. The van der Waals surface area contributed by atoms with Gasteiger partial charge in [0.2, 0.25) is 0 Å². The first kappa shape index (κ1) is 25.8. The number of pyridine rings is 2. The molecule has 0 unspecified atom stereocenters. The number of hydrogen-bond acceptors (Lipinski definition) is 2. The van der Waals surface area contributed by atoms with Gasteiger partial charge in [-0.2, -0.15) is 0 Å². The monoisotopic (exact) mass is 560 g/mol. The standard InChI is InChI=1S/C42H28N2/c1-2-13-37(36(12-1)29-17-19-30(20-18-29)41-16-5-6-25-43-41)32-9-7-10-33(27-32)38-14-3-4-15-39(38)34-23-24-40-35(28-34)22-21-31-11-8-26-44-42(31)40/h1-28H. The quantitative estimate of drug-likeness (QED) is 0.196. The molecule has 2 heteroatoms. The number of aromatic nitrogens is 2. The molecule has 0 radical (unpaired) electrons. The van der Waals surface area contributed by atoms with Crippen molar-refractivity contribution in [2.24, 2.45) is 0 Å². The molecule has 0 atom stereocenters. The van der Waals surface area contributed by atoms with Crippen LogP contribution < -0.4 is 0 Å². The molecule has 8 rings (SSSR count). The molecule has 206 valence electrons. The summed E-state index contributed by atoms with van der Waals surface area (Å²) in [5.41, 5.74) is 12.8. The van der Waals surface area contributed by atoms with Gasteiger partial charge in [0.15, 0.2) is 0 Å². The van der Waals surface area contributed by atoms with Crippen LogP contribution in [0.25, 0.3) is 77.4 Å². The summed E-state index contributed by atoms with van der Waals surface area (Å²) in [4.78, 5) is 9.17. The SMILES string of the molecule is c1ccc(-c2ccc(-c3ccccc3-c3cccc(-c4ccccc4-c4ccc5c(ccc6cccnc65)c4)c3)cc2)nc1. The molecule has 0 aliphatic heterocycles. The molecular formula is C42H28N2. The topological polar surface area (TPSA) is 25.8 Å². The third-order valence-electron chi connectivity index (χ3n) is 8.39. The van der Waals surface area contributed by atoms with Gasteiger partial charge in [-0.25, -0.2) is 0 Å². The largest absolute Gasteiger partial charge is 0.256 e. The maximum Gasteiger partial charge on any atom is 0.0780 e. The average Bonchev–Trinajstić information content (AvgIpc) is 3.12. The molecule has 44 heavy (non-hydrogen) atoms. The highest BCUT2D eigenvalue weighted by molar-refractivity contribution is 6.06. The van der Waals surface area contributed by atoms with Crippen molar-refractivity contribution in [1.29, 1.82) is 0 Å². The van der Waals surface area contributed by atoms with Gasteiger partial charge in [-0.15, -0.1) is 0 Å². The fourth-order valence-corrected chi connectivity index (χ4v) is 6.22. The molecule has 6 aromatic carbocycles. The Morgan fingerprint density at radius 2 is 0.886 bits per heavy atom. The molecule has 0 saturated carbocycles. The summed E-state index contributed by atoms with van der Waals surface area (Å²) in [5.74, 6) is 0. The molecule has 0 saturated heterocycles. The van der Waals surface area contributed by atoms with Crippen LogP contribution in [0.2, 0.25) is 0 Å². The predicted molar refractivity (Wildman–Crippen MR) is 184 cm³/mol. The number of fused-ring (bicyclic) bond motifs is 3. The van der Waals surface area contributed by atoms with Gasteiger partial charge in [-0.05, 0) is 80.2 Å². The van der Waals surface area contributed by atoms with Gasteiger partial charge in [0, 0.05) is 28.7 Å². The molecule has 0 spiro atoms. The minimum absolute atomic E-state index is 0.982. The molecule has 0 fully saturated rings. The van der Waals surface area contributed by atoms with Gasteiger partial charge in [-0.1, -0.05) is 127 Å². The number of benzene rings is 6. The van der Waals surface area contributed by atoms with E-state index in [0.29, 0.717) is 0 Å².